The van der Waals surface area contributed by atoms with E-state index in [4.69, 9.17) is 10.5 Å². The third-order valence-corrected chi connectivity index (χ3v) is 8.52. The Hall–Kier alpha value is -3.32. The van der Waals surface area contributed by atoms with E-state index in [1.54, 1.807) is 0 Å². The van der Waals surface area contributed by atoms with Gasteiger partial charge in [-0.1, -0.05) is 49.2 Å². The van der Waals surface area contributed by atoms with Gasteiger partial charge < -0.3 is 25.3 Å². The lowest BCUT2D eigenvalue weighted by molar-refractivity contribution is -0.148. The number of hydrogen-bond acceptors (Lipinski definition) is 4. The van der Waals surface area contributed by atoms with Crippen molar-refractivity contribution in [3.8, 4) is 5.75 Å². The highest BCUT2D eigenvalue weighted by Gasteiger charge is 2.43. The van der Waals surface area contributed by atoms with Crippen molar-refractivity contribution in [3.63, 3.8) is 0 Å². The van der Waals surface area contributed by atoms with Crippen molar-refractivity contribution in [2.75, 3.05) is 33.3 Å². The van der Waals surface area contributed by atoms with Gasteiger partial charge in [0.2, 0.25) is 11.8 Å². The van der Waals surface area contributed by atoms with Crippen LogP contribution in [0, 0.1) is 5.41 Å². The van der Waals surface area contributed by atoms with Crippen LogP contribution >= 0.6 is 0 Å². The Morgan fingerprint density at radius 3 is 2.63 bits per heavy atom. The highest BCUT2D eigenvalue weighted by molar-refractivity contribution is 5.87. The summed E-state index contributed by atoms with van der Waals surface area (Å²) in [5.41, 5.74) is 9.36. The van der Waals surface area contributed by atoms with Gasteiger partial charge in [-0.2, -0.15) is 0 Å². The van der Waals surface area contributed by atoms with Gasteiger partial charge in [-0.25, -0.2) is 0 Å². The summed E-state index contributed by atoms with van der Waals surface area (Å²) in [6, 6.07) is 15.7. The van der Waals surface area contributed by atoms with Gasteiger partial charge in [0.25, 0.3) is 0 Å². The monoisotopic (exact) mass is 516 g/mol. The molecule has 1 spiro atoms. The van der Waals surface area contributed by atoms with Gasteiger partial charge in [0.05, 0.1) is 18.0 Å². The molecule has 5 rings (SSSR count). The van der Waals surface area contributed by atoms with E-state index in [2.05, 4.69) is 23.2 Å². The Bertz CT molecular complexity index is 1260. The van der Waals surface area contributed by atoms with Crippen LogP contribution in [0.5, 0.6) is 5.75 Å². The summed E-state index contributed by atoms with van der Waals surface area (Å²) in [6.07, 6.45) is 8.83. The maximum Gasteiger partial charge on any atom is 0.239 e. The van der Waals surface area contributed by atoms with E-state index >= 15 is 0 Å². The van der Waals surface area contributed by atoms with Crippen LogP contribution in [0.25, 0.3) is 10.9 Å². The predicted molar refractivity (Wildman–Crippen MR) is 150 cm³/mol. The number of carbonyl (C=O) groups is 2. The van der Waals surface area contributed by atoms with Gasteiger partial charge in [-0.15, -0.1) is 0 Å². The zero-order chi connectivity index (χ0) is 26.5. The fourth-order valence-electron chi connectivity index (χ4n) is 6.19. The maximum atomic E-state index is 13.8. The zero-order valence-electron chi connectivity index (χ0n) is 22.5. The molecule has 2 aromatic carbocycles. The normalized spacial score (nSPS) is 19.7. The molecule has 3 N–H and O–H groups in total. The Balaban J connectivity index is 1.22. The number of likely N-dealkylation sites (tertiary alicyclic amines) is 1. The number of hydrogen-bond donors (Lipinski definition) is 2. The Morgan fingerprint density at radius 1 is 1.03 bits per heavy atom. The van der Waals surface area contributed by atoms with Crippen LogP contribution in [0.15, 0.2) is 54.7 Å². The predicted octanol–water partition coefficient (Wildman–Crippen LogP) is 4.30. The molecule has 0 aliphatic carbocycles. The molecule has 0 radical (unpaired) electrons. The number of nitrogens with two attached hydrogens (primary N) is 1. The second kappa shape index (κ2) is 11.6. The Labute approximate surface area is 225 Å². The summed E-state index contributed by atoms with van der Waals surface area (Å²) < 4.78 is 6.08. The van der Waals surface area contributed by atoms with Crippen molar-refractivity contribution in [3.05, 3.63) is 65.9 Å². The first-order valence-electron chi connectivity index (χ1n) is 14.0. The molecular formula is C31H40N4O3. The molecule has 0 bridgehead atoms. The number of piperidine rings is 1. The molecule has 2 aliphatic heterocycles. The molecule has 3 heterocycles. The van der Waals surface area contributed by atoms with E-state index < -0.39 is 11.5 Å². The van der Waals surface area contributed by atoms with Gasteiger partial charge in [-0.3, -0.25) is 9.59 Å². The summed E-state index contributed by atoms with van der Waals surface area (Å²) in [5.74, 6) is 1.09. The standard InChI is InChI=1S/C31H40N4O3/c1-34-19-20-38-28-13-7-4-10-23(28)9-3-2-8-14-31(30(34)37)15-17-35(18-16-31)29(36)26(32)21-24-22-33-27-12-6-5-11-25(24)27/h4-7,10-13,22,26,33H,2-3,8-9,14-21,32H2,1H3/t26-/m0/s1. The van der Waals surface area contributed by atoms with Crippen LogP contribution in [-0.4, -0.2) is 65.9 Å². The number of benzene rings is 2. The van der Waals surface area contributed by atoms with E-state index in [1.807, 2.05) is 53.4 Å². The minimum atomic E-state index is -0.597. The van der Waals surface area contributed by atoms with E-state index in [0.717, 1.165) is 54.3 Å². The maximum absolute atomic E-state index is 13.8. The minimum Gasteiger partial charge on any atom is -0.491 e. The molecule has 1 aromatic heterocycles. The van der Waals surface area contributed by atoms with Gasteiger partial charge in [0.15, 0.2) is 0 Å². The molecular weight excluding hydrogens is 476 g/mol. The Kier molecular flexibility index (Phi) is 8.03. The molecule has 7 heteroatoms. The summed E-state index contributed by atoms with van der Waals surface area (Å²) in [7, 11) is 1.88. The fraction of sp³-hybridized carbons (Fsp3) is 0.484. The van der Waals surface area contributed by atoms with Crippen molar-refractivity contribution < 1.29 is 14.3 Å². The Morgan fingerprint density at radius 2 is 1.79 bits per heavy atom. The zero-order valence-corrected chi connectivity index (χ0v) is 22.5. The number of para-hydroxylation sites is 2. The number of likely N-dealkylation sites (N-methyl/N-ethyl adjacent to an activating group) is 1. The molecule has 0 unspecified atom stereocenters. The smallest absolute Gasteiger partial charge is 0.239 e. The number of amides is 2. The number of rotatable bonds is 3. The number of nitrogens with zero attached hydrogens (tertiary/aromatic N) is 2. The van der Waals surface area contributed by atoms with E-state index in [1.165, 1.54) is 5.56 Å². The van der Waals surface area contributed by atoms with Crippen LogP contribution in [0.1, 0.15) is 49.7 Å². The van der Waals surface area contributed by atoms with Crippen molar-refractivity contribution in [2.24, 2.45) is 11.1 Å². The molecule has 1 saturated heterocycles. The van der Waals surface area contributed by atoms with E-state index in [9.17, 15) is 9.59 Å². The quantitative estimate of drug-likeness (QED) is 0.543. The van der Waals surface area contributed by atoms with Crippen LogP contribution in [-0.2, 0) is 22.4 Å². The largest absolute Gasteiger partial charge is 0.491 e. The number of aryl methyl sites for hydroxylation is 1. The molecule has 1 atom stereocenters. The number of nitrogens with one attached hydrogen (secondary N) is 1. The van der Waals surface area contributed by atoms with Gasteiger partial charge in [-0.05, 0) is 61.8 Å². The molecule has 3 aromatic rings. The minimum absolute atomic E-state index is 0.0262. The first-order valence-corrected chi connectivity index (χ1v) is 14.0. The molecule has 2 amide bonds. The summed E-state index contributed by atoms with van der Waals surface area (Å²) in [6.45, 7) is 2.17. The number of carbonyl (C=O) groups excluding carboxylic acids is 2. The molecule has 2 aliphatic rings. The van der Waals surface area contributed by atoms with E-state index in [0.29, 0.717) is 45.5 Å². The van der Waals surface area contributed by atoms with Crippen molar-refractivity contribution in [2.45, 2.75) is 57.4 Å². The highest BCUT2D eigenvalue weighted by Crippen LogP contribution is 2.39. The average molecular weight is 517 g/mol. The number of aromatic nitrogens is 1. The van der Waals surface area contributed by atoms with Crippen LogP contribution in [0.2, 0.25) is 0 Å². The fourth-order valence-corrected chi connectivity index (χ4v) is 6.19. The topological polar surface area (TPSA) is 91.7 Å². The second-order valence-electron chi connectivity index (χ2n) is 11.0. The third-order valence-electron chi connectivity index (χ3n) is 8.52. The van der Waals surface area contributed by atoms with Crippen molar-refractivity contribution in [1.29, 1.82) is 0 Å². The van der Waals surface area contributed by atoms with Crippen molar-refractivity contribution >= 4 is 22.7 Å². The third kappa shape index (κ3) is 5.58. The number of H-pyrrole nitrogens is 1. The lowest BCUT2D eigenvalue weighted by Crippen LogP contribution is -2.54. The lowest BCUT2D eigenvalue weighted by Gasteiger charge is -2.43. The first kappa shape index (κ1) is 26.3. The summed E-state index contributed by atoms with van der Waals surface area (Å²) in [4.78, 5) is 34.0. The van der Waals surface area contributed by atoms with Gasteiger partial charge >= 0.3 is 0 Å². The summed E-state index contributed by atoms with van der Waals surface area (Å²) >= 11 is 0. The second-order valence-corrected chi connectivity index (χ2v) is 11.0. The van der Waals surface area contributed by atoms with Gasteiger partial charge in [0.1, 0.15) is 12.4 Å². The molecule has 7 nitrogen and oxygen atoms in total. The number of fused-ring (bicyclic) bond motifs is 2. The van der Waals surface area contributed by atoms with Crippen LogP contribution < -0.4 is 10.5 Å². The number of ether oxygens (including phenoxy) is 1. The lowest BCUT2D eigenvalue weighted by atomic mass is 9.73. The average Bonchev–Trinajstić information content (AvgIpc) is 3.35. The van der Waals surface area contributed by atoms with Crippen molar-refractivity contribution in [1.82, 2.24) is 14.8 Å². The van der Waals surface area contributed by atoms with Crippen LogP contribution in [0.4, 0.5) is 0 Å². The van der Waals surface area contributed by atoms with Gasteiger partial charge in [0, 0.05) is 37.2 Å². The number of aromatic amines is 1. The molecule has 202 valence electrons. The summed E-state index contributed by atoms with van der Waals surface area (Å²) in [5, 5.41) is 1.11. The highest BCUT2D eigenvalue weighted by atomic mass is 16.5. The SMILES string of the molecule is CN1CCOc2ccccc2CCCCCC2(CCN(C(=O)[C@@H](N)Cc3c[nH]c4ccccc34)CC2)C1=O. The first-order chi connectivity index (χ1) is 18.5. The molecule has 1 fully saturated rings. The molecule has 0 saturated carbocycles. The van der Waals surface area contributed by atoms with E-state index in [-0.39, 0.29) is 11.8 Å². The molecule has 38 heavy (non-hydrogen) atoms. The van der Waals surface area contributed by atoms with Crippen LogP contribution in [0.3, 0.4) is 0 Å².